The topological polar surface area (TPSA) is 0 Å². The molecule has 0 saturated heterocycles. The van der Waals surface area contributed by atoms with Crippen molar-refractivity contribution >= 4 is 28.3 Å². The number of hydrogen-bond donors (Lipinski definition) is 0. The molecule has 0 aliphatic heterocycles. The molecule has 0 radical (unpaired) electrons. The Hall–Kier alpha value is -0.0100. The van der Waals surface area contributed by atoms with Gasteiger partial charge in [0.2, 0.25) is 0 Å². The van der Waals surface area contributed by atoms with E-state index in [0.717, 1.165) is 0 Å². The largest absolute Gasteiger partial charge is 0.147 e. The van der Waals surface area contributed by atoms with Crippen LogP contribution in [-0.4, -0.2) is 0 Å². The van der Waals surface area contributed by atoms with E-state index in [9.17, 15) is 0 Å². The van der Waals surface area contributed by atoms with E-state index in [-0.39, 0.29) is 12.4 Å². The molecule has 0 aliphatic rings. The van der Waals surface area contributed by atoms with Crippen LogP contribution in [0, 0.1) is 6.92 Å². The van der Waals surface area contributed by atoms with E-state index < -0.39 is 0 Å². The minimum absolute atomic E-state index is 0. The van der Waals surface area contributed by atoms with Gasteiger partial charge in [-0.15, -0.1) is 12.4 Å². The third-order valence-electron chi connectivity index (χ3n) is 1.08. The van der Waals surface area contributed by atoms with Crippen molar-refractivity contribution in [2.75, 3.05) is 0 Å². The second-order valence-electron chi connectivity index (χ2n) is 1.75. The summed E-state index contributed by atoms with van der Waals surface area (Å²) >= 11 is 3.40. The first-order valence-corrected chi connectivity index (χ1v) is 3.31. The highest BCUT2D eigenvalue weighted by Crippen LogP contribution is 2.13. The summed E-state index contributed by atoms with van der Waals surface area (Å²) in [6.07, 6.45) is 0. The first-order valence-electron chi connectivity index (χ1n) is 2.52. The summed E-state index contributed by atoms with van der Waals surface area (Å²) in [6, 6.07) is 8.15. The summed E-state index contributed by atoms with van der Waals surface area (Å²) in [4.78, 5) is 0. The third-order valence-corrected chi connectivity index (χ3v) is 1.97. The van der Waals surface area contributed by atoms with E-state index in [4.69, 9.17) is 0 Å². The van der Waals surface area contributed by atoms with E-state index >= 15 is 0 Å². The molecule has 0 fully saturated rings. The average molecular weight is 207 g/mol. The molecule has 0 atom stereocenters. The molecule has 0 aromatic heterocycles. The van der Waals surface area contributed by atoms with Crippen molar-refractivity contribution in [2.24, 2.45) is 0 Å². The van der Waals surface area contributed by atoms with Crippen LogP contribution < -0.4 is 0 Å². The molecule has 0 N–H and O–H groups in total. The van der Waals surface area contributed by atoms with Crippen molar-refractivity contribution in [2.45, 2.75) is 6.92 Å². The molecule has 0 unspecified atom stereocenters. The lowest BCUT2D eigenvalue weighted by Gasteiger charge is -1.91. The minimum atomic E-state index is 0. The van der Waals surface area contributed by atoms with Crippen LogP contribution in [0.5, 0.6) is 0 Å². The fourth-order valence-corrected chi connectivity index (χ4v) is 0.836. The van der Waals surface area contributed by atoms with E-state index in [1.807, 2.05) is 18.2 Å². The summed E-state index contributed by atoms with van der Waals surface area (Å²) in [6.45, 7) is 2.07. The van der Waals surface area contributed by atoms with E-state index in [1.54, 1.807) is 0 Å². The molecular formula is C7H8BrCl. The Bertz CT molecular complexity index is 165. The number of halogens is 2. The smallest absolute Gasteiger partial charge is 0.0204 e. The Kier molecular flexibility index (Phi) is 3.91. The summed E-state index contributed by atoms with van der Waals surface area (Å²) in [5.41, 5.74) is 1.28. The van der Waals surface area contributed by atoms with Crippen LogP contribution in [0.25, 0.3) is 0 Å². The maximum absolute atomic E-state index is 3.40. The van der Waals surface area contributed by atoms with Crippen LogP contribution in [0.1, 0.15) is 5.56 Å². The zero-order chi connectivity index (χ0) is 5.98. The maximum Gasteiger partial charge on any atom is 0.0204 e. The number of hydrogen-bond acceptors (Lipinski definition) is 0. The van der Waals surface area contributed by atoms with Crippen LogP contribution in [0.3, 0.4) is 0 Å². The number of aryl methyl sites for hydroxylation is 1. The fourth-order valence-electron chi connectivity index (χ4n) is 0.551. The van der Waals surface area contributed by atoms with Gasteiger partial charge in [0.05, 0.1) is 0 Å². The predicted octanol–water partition coefficient (Wildman–Crippen LogP) is 3.18. The second kappa shape index (κ2) is 3.91. The minimum Gasteiger partial charge on any atom is -0.147 e. The van der Waals surface area contributed by atoms with Crippen LogP contribution in [-0.2, 0) is 0 Å². The van der Waals surface area contributed by atoms with E-state index in [2.05, 4.69) is 28.9 Å². The lowest BCUT2D eigenvalue weighted by atomic mass is 10.2. The van der Waals surface area contributed by atoms with Crippen LogP contribution in [0.4, 0.5) is 0 Å². The highest BCUT2D eigenvalue weighted by atomic mass is 79.9. The van der Waals surface area contributed by atoms with Crippen LogP contribution in [0.2, 0.25) is 0 Å². The van der Waals surface area contributed by atoms with Crippen molar-refractivity contribution in [1.29, 1.82) is 0 Å². The predicted molar refractivity (Wildman–Crippen MR) is 46.1 cm³/mol. The van der Waals surface area contributed by atoms with Gasteiger partial charge in [0.25, 0.3) is 0 Å². The fraction of sp³-hybridized carbons (Fsp3) is 0.143. The van der Waals surface area contributed by atoms with Crippen LogP contribution >= 0.6 is 28.3 Å². The molecular weight excluding hydrogens is 199 g/mol. The van der Waals surface area contributed by atoms with Gasteiger partial charge in [-0.25, -0.2) is 0 Å². The van der Waals surface area contributed by atoms with Crippen LogP contribution in [0.15, 0.2) is 28.7 Å². The van der Waals surface area contributed by atoms with Gasteiger partial charge < -0.3 is 0 Å². The Morgan fingerprint density at radius 3 is 2.11 bits per heavy atom. The standard InChI is InChI=1S/C7H7Br.ClH/c1-6-4-2-3-5-7(6)8;/h2-5H,1H3;1H. The first kappa shape index (κ1) is 8.99. The summed E-state index contributed by atoms with van der Waals surface area (Å²) < 4.78 is 1.18. The molecule has 1 rings (SSSR count). The van der Waals surface area contributed by atoms with Crippen molar-refractivity contribution in [3.8, 4) is 0 Å². The molecule has 2 heteroatoms. The summed E-state index contributed by atoms with van der Waals surface area (Å²) in [5.74, 6) is 0. The third kappa shape index (κ3) is 2.37. The van der Waals surface area contributed by atoms with Gasteiger partial charge in [-0.1, -0.05) is 34.1 Å². The molecule has 0 aliphatic carbocycles. The van der Waals surface area contributed by atoms with Crippen molar-refractivity contribution in [3.63, 3.8) is 0 Å². The molecule has 50 valence electrons. The van der Waals surface area contributed by atoms with Gasteiger partial charge in [0.1, 0.15) is 0 Å². The molecule has 0 heterocycles. The lowest BCUT2D eigenvalue weighted by molar-refractivity contribution is 1.43. The molecule has 0 nitrogen and oxygen atoms in total. The second-order valence-corrected chi connectivity index (χ2v) is 2.60. The van der Waals surface area contributed by atoms with Gasteiger partial charge >= 0.3 is 0 Å². The van der Waals surface area contributed by atoms with Gasteiger partial charge in [0.15, 0.2) is 0 Å². The molecule has 1 aromatic carbocycles. The zero-order valence-electron chi connectivity index (χ0n) is 5.10. The van der Waals surface area contributed by atoms with E-state index in [1.165, 1.54) is 10.0 Å². The molecule has 0 spiro atoms. The number of rotatable bonds is 0. The zero-order valence-corrected chi connectivity index (χ0v) is 7.50. The first-order chi connectivity index (χ1) is 3.80. The Balaban J connectivity index is 0.000000640. The highest BCUT2D eigenvalue weighted by Gasteiger charge is 1.85. The monoisotopic (exact) mass is 206 g/mol. The molecule has 1 aromatic rings. The number of benzene rings is 1. The molecule has 0 bridgehead atoms. The molecule has 0 amide bonds. The van der Waals surface area contributed by atoms with Crippen molar-refractivity contribution in [3.05, 3.63) is 34.3 Å². The Morgan fingerprint density at radius 1 is 1.22 bits per heavy atom. The van der Waals surface area contributed by atoms with Gasteiger partial charge in [-0.3, -0.25) is 0 Å². The van der Waals surface area contributed by atoms with Gasteiger partial charge in [0, 0.05) is 4.47 Å². The maximum atomic E-state index is 3.40. The van der Waals surface area contributed by atoms with Crippen molar-refractivity contribution < 1.29 is 0 Å². The SMILES string of the molecule is Cc1ccccc1Br.Cl. The quantitative estimate of drug-likeness (QED) is 0.613. The molecule has 9 heavy (non-hydrogen) atoms. The Morgan fingerprint density at radius 2 is 1.78 bits per heavy atom. The summed E-state index contributed by atoms with van der Waals surface area (Å²) in [7, 11) is 0. The summed E-state index contributed by atoms with van der Waals surface area (Å²) in [5, 5.41) is 0. The van der Waals surface area contributed by atoms with Crippen molar-refractivity contribution in [1.82, 2.24) is 0 Å². The van der Waals surface area contributed by atoms with Gasteiger partial charge in [-0.2, -0.15) is 0 Å². The highest BCUT2D eigenvalue weighted by molar-refractivity contribution is 9.10. The van der Waals surface area contributed by atoms with E-state index in [0.29, 0.717) is 0 Å². The normalized spacial score (nSPS) is 8.22. The Labute approximate surface area is 69.8 Å². The lowest BCUT2D eigenvalue weighted by Crippen LogP contribution is -1.69. The van der Waals surface area contributed by atoms with Gasteiger partial charge in [-0.05, 0) is 18.6 Å². The average Bonchev–Trinajstić information content (AvgIpc) is 1.77. The molecule has 0 saturated carbocycles.